The van der Waals surface area contributed by atoms with Gasteiger partial charge in [-0.2, -0.15) is 0 Å². The van der Waals surface area contributed by atoms with Crippen LogP contribution in [0.15, 0.2) is 60.8 Å². The van der Waals surface area contributed by atoms with E-state index in [2.05, 4.69) is 37.2 Å². The second-order valence-corrected chi connectivity index (χ2v) is 8.71. The summed E-state index contributed by atoms with van der Waals surface area (Å²) in [5.74, 6) is 0.232. The predicted octanol–water partition coefficient (Wildman–Crippen LogP) is 3.35. The number of hydrogen-bond donors (Lipinski definition) is 2. The molecule has 1 aromatic heterocycles. The van der Waals surface area contributed by atoms with Crippen molar-refractivity contribution in [2.75, 3.05) is 49.6 Å². The normalized spacial score (nSPS) is 17.5. The molecule has 0 spiro atoms. The first-order valence-electron chi connectivity index (χ1n) is 11.8. The van der Waals surface area contributed by atoms with Gasteiger partial charge < -0.3 is 20.7 Å². The summed E-state index contributed by atoms with van der Waals surface area (Å²) in [6.07, 6.45) is 3.96. The predicted molar refractivity (Wildman–Crippen MR) is 133 cm³/mol. The largest absolute Gasteiger partial charge is 0.378 e. The molecular weight excluding hydrogens is 428 g/mol. The monoisotopic (exact) mass is 458 g/mol. The molecule has 176 valence electrons. The average molecular weight is 459 g/mol. The average Bonchev–Trinajstić information content (AvgIpc) is 3.40. The van der Waals surface area contributed by atoms with E-state index < -0.39 is 0 Å². The molecule has 0 aliphatic carbocycles. The molecule has 2 aliphatic rings. The van der Waals surface area contributed by atoms with E-state index in [1.807, 2.05) is 42.5 Å². The lowest BCUT2D eigenvalue weighted by Crippen LogP contribution is -2.36. The quantitative estimate of drug-likeness (QED) is 0.560. The number of primary amides is 1. The molecule has 2 aromatic carbocycles. The van der Waals surface area contributed by atoms with E-state index in [1.54, 1.807) is 6.20 Å². The highest BCUT2D eigenvalue weighted by atomic mass is 16.5. The Hall–Kier alpha value is -3.49. The summed E-state index contributed by atoms with van der Waals surface area (Å²) in [6.45, 7) is 5.17. The molecular formula is C26H30N6O2. The van der Waals surface area contributed by atoms with Crippen molar-refractivity contribution in [1.29, 1.82) is 0 Å². The Morgan fingerprint density at radius 2 is 1.65 bits per heavy atom. The standard InChI is InChI=1S/C26H30N6O2/c27-25(33)24(32-13-1-2-14-32)20-5-3-19(4-6-20)23-11-12-28-26(30-23)29-21-7-9-22(10-8-21)31-15-17-34-18-16-31/h3-12,24H,1-2,13-18H2,(H2,27,33)(H,28,29,30)/t24-/m1/s1. The zero-order valence-electron chi connectivity index (χ0n) is 19.2. The molecule has 8 nitrogen and oxygen atoms in total. The highest BCUT2D eigenvalue weighted by Crippen LogP contribution is 2.28. The molecule has 0 unspecified atom stereocenters. The molecule has 1 amide bonds. The summed E-state index contributed by atoms with van der Waals surface area (Å²) < 4.78 is 5.43. The van der Waals surface area contributed by atoms with Crippen molar-refractivity contribution in [2.24, 2.45) is 5.73 Å². The van der Waals surface area contributed by atoms with Crippen molar-refractivity contribution >= 4 is 23.2 Å². The molecule has 0 radical (unpaired) electrons. The second-order valence-electron chi connectivity index (χ2n) is 8.71. The fraction of sp³-hybridized carbons (Fsp3) is 0.346. The van der Waals surface area contributed by atoms with E-state index in [0.29, 0.717) is 5.95 Å². The van der Waals surface area contributed by atoms with Gasteiger partial charge in [0.05, 0.1) is 18.9 Å². The lowest BCUT2D eigenvalue weighted by atomic mass is 10.0. The Labute approximate surface area is 199 Å². The first kappa shape index (κ1) is 22.3. The van der Waals surface area contributed by atoms with Crippen LogP contribution in [0, 0.1) is 0 Å². The minimum Gasteiger partial charge on any atom is -0.378 e. The maximum atomic E-state index is 12.1. The van der Waals surface area contributed by atoms with Gasteiger partial charge in [0.25, 0.3) is 0 Å². The van der Waals surface area contributed by atoms with Crippen molar-refractivity contribution in [2.45, 2.75) is 18.9 Å². The summed E-state index contributed by atoms with van der Waals surface area (Å²) >= 11 is 0. The van der Waals surface area contributed by atoms with E-state index in [1.165, 1.54) is 5.69 Å². The maximum absolute atomic E-state index is 12.1. The van der Waals surface area contributed by atoms with Crippen molar-refractivity contribution in [1.82, 2.24) is 14.9 Å². The lowest BCUT2D eigenvalue weighted by Gasteiger charge is -2.28. The Kier molecular flexibility index (Phi) is 6.69. The summed E-state index contributed by atoms with van der Waals surface area (Å²) in [7, 11) is 0. The lowest BCUT2D eigenvalue weighted by molar-refractivity contribution is -0.123. The van der Waals surface area contributed by atoms with Gasteiger partial charge in [-0.05, 0) is 61.8 Å². The van der Waals surface area contributed by atoms with Gasteiger partial charge in [-0.25, -0.2) is 9.97 Å². The van der Waals surface area contributed by atoms with Gasteiger partial charge >= 0.3 is 0 Å². The summed E-state index contributed by atoms with van der Waals surface area (Å²) in [5.41, 5.74) is 10.5. The van der Waals surface area contributed by atoms with Crippen LogP contribution in [0.5, 0.6) is 0 Å². The molecule has 2 fully saturated rings. The third kappa shape index (κ3) is 5.03. The molecule has 1 atom stereocenters. The number of amides is 1. The molecule has 2 saturated heterocycles. The molecule has 2 aliphatic heterocycles. The third-order valence-electron chi connectivity index (χ3n) is 6.45. The van der Waals surface area contributed by atoms with Crippen molar-refractivity contribution in [3.05, 3.63) is 66.4 Å². The Balaban J connectivity index is 1.28. The fourth-order valence-corrected chi connectivity index (χ4v) is 4.68. The topological polar surface area (TPSA) is 96.6 Å². The van der Waals surface area contributed by atoms with Crippen LogP contribution >= 0.6 is 0 Å². The summed E-state index contributed by atoms with van der Waals surface area (Å²) in [6, 6.07) is 17.7. The van der Waals surface area contributed by atoms with Crippen LogP contribution in [0.3, 0.4) is 0 Å². The highest BCUT2D eigenvalue weighted by molar-refractivity contribution is 5.81. The van der Waals surface area contributed by atoms with Crippen LogP contribution in [0.4, 0.5) is 17.3 Å². The smallest absolute Gasteiger partial charge is 0.239 e. The molecule has 3 aromatic rings. The van der Waals surface area contributed by atoms with Gasteiger partial charge in [0, 0.05) is 36.2 Å². The number of carbonyl (C=O) groups excluding carboxylic acids is 1. The van der Waals surface area contributed by atoms with Gasteiger partial charge in [0.15, 0.2) is 0 Å². The van der Waals surface area contributed by atoms with E-state index in [-0.39, 0.29) is 11.9 Å². The van der Waals surface area contributed by atoms with Gasteiger partial charge in [-0.15, -0.1) is 0 Å². The molecule has 3 N–H and O–H groups in total. The number of morpholine rings is 1. The van der Waals surface area contributed by atoms with Crippen LogP contribution in [0.25, 0.3) is 11.3 Å². The Morgan fingerprint density at radius 3 is 2.32 bits per heavy atom. The number of aromatic nitrogens is 2. The Bertz CT molecular complexity index is 1110. The zero-order chi connectivity index (χ0) is 23.3. The van der Waals surface area contributed by atoms with Crippen LogP contribution in [0.2, 0.25) is 0 Å². The number of nitrogens with two attached hydrogens (primary N) is 1. The molecule has 3 heterocycles. The Morgan fingerprint density at radius 1 is 0.941 bits per heavy atom. The van der Waals surface area contributed by atoms with E-state index in [9.17, 15) is 4.79 Å². The number of ether oxygens (including phenoxy) is 1. The van der Waals surface area contributed by atoms with Gasteiger partial charge in [0.2, 0.25) is 11.9 Å². The number of benzene rings is 2. The number of nitrogens with one attached hydrogen (secondary N) is 1. The number of nitrogens with zero attached hydrogens (tertiary/aromatic N) is 4. The minimum atomic E-state index is -0.375. The summed E-state index contributed by atoms with van der Waals surface area (Å²) in [4.78, 5) is 25.7. The molecule has 5 rings (SSSR count). The van der Waals surface area contributed by atoms with Gasteiger partial charge in [-0.1, -0.05) is 24.3 Å². The van der Waals surface area contributed by atoms with E-state index in [4.69, 9.17) is 10.5 Å². The van der Waals surface area contributed by atoms with Crippen LogP contribution < -0.4 is 16.0 Å². The van der Waals surface area contributed by atoms with Crippen LogP contribution in [0.1, 0.15) is 24.4 Å². The number of anilines is 3. The SMILES string of the molecule is NC(=O)[C@@H](c1ccc(-c2ccnc(Nc3ccc(N4CCOCC4)cc3)n2)cc1)N1CCCC1. The number of hydrogen-bond acceptors (Lipinski definition) is 7. The van der Waals surface area contributed by atoms with Crippen molar-refractivity contribution in [3.63, 3.8) is 0 Å². The zero-order valence-corrected chi connectivity index (χ0v) is 19.2. The minimum absolute atomic E-state index is 0.303. The third-order valence-corrected chi connectivity index (χ3v) is 6.45. The van der Waals surface area contributed by atoms with Gasteiger partial charge in [0.1, 0.15) is 6.04 Å². The number of likely N-dealkylation sites (tertiary alicyclic amines) is 1. The van der Waals surface area contributed by atoms with Crippen molar-refractivity contribution < 1.29 is 9.53 Å². The number of carbonyl (C=O) groups is 1. The highest BCUT2D eigenvalue weighted by Gasteiger charge is 2.27. The molecule has 0 saturated carbocycles. The first-order chi connectivity index (χ1) is 16.7. The fourth-order valence-electron chi connectivity index (χ4n) is 4.68. The van der Waals surface area contributed by atoms with E-state index in [0.717, 1.165) is 74.7 Å². The molecule has 0 bridgehead atoms. The first-order valence-corrected chi connectivity index (χ1v) is 11.8. The maximum Gasteiger partial charge on any atom is 0.239 e. The van der Waals surface area contributed by atoms with Gasteiger partial charge in [-0.3, -0.25) is 9.69 Å². The molecule has 8 heteroatoms. The second kappa shape index (κ2) is 10.2. The van der Waals surface area contributed by atoms with Crippen molar-refractivity contribution in [3.8, 4) is 11.3 Å². The van der Waals surface area contributed by atoms with Crippen LogP contribution in [-0.2, 0) is 9.53 Å². The molecule has 34 heavy (non-hydrogen) atoms. The van der Waals surface area contributed by atoms with E-state index >= 15 is 0 Å². The van der Waals surface area contributed by atoms with Crippen LogP contribution in [-0.4, -0.2) is 60.2 Å². The number of rotatable bonds is 7. The summed E-state index contributed by atoms with van der Waals surface area (Å²) in [5, 5.41) is 3.29.